The lowest BCUT2D eigenvalue weighted by Crippen LogP contribution is -2.35. The van der Waals surface area contributed by atoms with E-state index in [-0.39, 0.29) is 25.0 Å². The Kier molecular flexibility index (Phi) is 7.78. The third-order valence-electron chi connectivity index (χ3n) is 6.07. The van der Waals surface area contributed by atoms with Gasteiger partial charge < -0.3 is 30.9 Å². The van der Waals surface area contributed by atoms with Crippen LogP contribution in [0, 0.1) is 0 Å². The minimum atomic E-state index is -0.451. The Morgan fingerprint density at radius 2 is 1.71 bits per heavy atom. The van der Waals surface area contributed by atoms with Crippen LogP contribution >= 0.6 is 0 Å². The first-order valence-electron chi connectivity index (χ1n) is 12.2. The molecule has 2 amide bonds. The number of rotatable bonds is 8. The molecule has 1 heterocycles. The van der Waals surface area contributed by atoms with E-state index in [1.807, 2.05) is 50.5 Å². The monoisotopic (exact) mass is 513 g/mol. The number of hydrogen-bond acceptors (Lipinski definition) is 7. The summed E-state index contributed by atoms with van der Waals surface area (Å²) in [6.07, 6.45) is 0. The Morgan fingerprint density at radius 3 is 2.37 bits per heavy atom. The van der Waals surface area contributed by atoms with Crippen molar-refractivity contribution in [1.82, 2.24) is 4.90 Å². The molecule has 0 bridgehead atoms. The number of nitrogens with one attached hydrogen (secondary N) is 2. The third kappa shape index (κ3) is 5.52. The molecule has 0 saturated carbocycles. The first kappa shape index (κ1) is 26.4. The molecule has 0 aromatic heterocycles. The SMILES string of the molecule is CCOC(=O)c1ccc2c(c1)NC(=O)C2=C(Nc1ccc(N(C)C(=O)CN(C)C)c(N)c1)c1ccccc1. The number of nitrogens with two attached hydrogens (primary N) is 1. The van der Waals surface area contributed by atoms with Crippen LogP contribution in [-0.4, -0.2) is 57.0 Å². The minimum Gasteiger partial charge on any atom is -0.462 e. The van der Waals surface area contributed by atoms with Crippen molar-refractivity contribution in [1.29, 1.82) is 0 Å². The van der Waals surface area contributed by atoms with Gasteiger partial charge in [-0.1, -0.05) is 36.4 Å². The Morgan fingerprint density at radius 1 is 0.974 bits per heavy atom. The number of hydrogen-bond donors (Lipinski definition) is 3. The zero-order chi connectivity index (χ0) is 27.4. The predicted octanol–water partition coefficient (Wildman–Crippen LogP) is 3.90. The van der Waals surface area contributed by atoms with Crippen molar-refractivity contribution >= 4 is 51.8 Å². The van der Waals surface area contributed by atoms with Crippen LogP contribution in [0.3, 0.4) is 0 Å². The van der Waals surface area contributed by atoms with Gasteiger partial charge in [-0.2, -0.15) is 0 Å². The molecule has 0 radical (unpaired) electrons. The Labute approximate surface area is 221 Å². The maximum absolute atomic E-state index is 13.2. The number of benzene rings is 3. The summed E-state index contributed by atoms with van der Waals surface area (Å²) in [5.74, 6) is -0.838. The van der Waals surface area contributed by atoms with Gasteiger partial charge >= 0.3 is 5.97 Å². The average molecular weight is 514 g/mol. The highest BCUT2D eigenvalue weighted by atomic mass is 16.5. The second kappa shape index (κ2) is 11.2. The number of likely N-dealkylation sites (N-methyl/N-ethyl adjacent to an activating group) is 2. The van der Waals surface area contributed by atoms with Crippen LogP contribution < -0.4 is 21.3 Å². The largest absolute Gasteiger partial charge is 0.462 e. The first-order valence-corrected chi connectivity index (χ1v) is 12.2. The summed E-state index contributed by atoms with van der Waals surface area (Å²) < 4.78 is 5.09. The molecule has 4 rings (SSSR count). The number of nitrogen functional groups attached to an aromatic ring is 1. The van der Waals surface area contributed by atoms with E-state index in [1.165, 1.54) is 4.90 Å². The van der Waals surface area contributed by atoms with Crippen molar-refractivity contribution in [2.24, 2.45) is 0 Å². The molecule has 0 spiro atoms. The van der Waals surface area contributed by atoms with E-state index in [0.29, 0.717) is 45.1 Å². The smallest absolute Gasteiger partial charge is 0.338 e. The van der Waals surface area contributed by atoms with Crippen LogP contribution in [0.2, 0.25) is 0 Å². The fourth-order valence-electron chi connectivity index (χ4n) is 4.24. The number of fused-ring (bicyclic) bond motifs is 1. The van der Waals surface area contributed by atoms with Crippen molar-refractivity contribution in [3.8, 4) is 0 Å². The minimum absolute atomic E-state index is 0.0871. The van der Waals surface area contributed by atoms with Gasteiger partial charge in [0.05, 0.1) is 47.0 Å². The van der Waals surface area contributed by atoms with Gasteiger partial charge in [-0.15, -0.1) is 0 Å². The molecule has 1 aliphatic rings. The average Bonchev–Trinajstić information content (AvgIpc) is 3.21. The van der Waals surface area contributed by atoms with Gasteiger partial charge in [0.1, 0.15) is 0 Å². The molecule has 9 nitrogen and oxygen atoms in total. The van der Waals surface area contributed by atoms with E-state index in [9.17, 15) is 14.4 Å². The molecule has 0 aliphatic carbocycles. The standard InChI is InChI=1S/C29H31N5O4/c1-5-38-29(37)19-11-13-21-23(15-19)32-28(36)26(21)27(18-9-7-6-8-10-18)31-20-12-14-24(22(30)16-20)34(4)25(35)17-33(2)3/h6-16,31H,5,17,30H2,1-4H3,(H,32,36). The van der Waals surface area contributed by atoms with Crippen molar-refractivity contribution < 1.29 is 19.1 Å². The van der Waals surface area contributed by atoms with E-state index in [1.54, 1.807) is 49.2 Å². The molecular weight excluding hydrogens is 482 g/mol. The summed E-state index contributed by atoms with van der Waals surface area (Å²) in [7, 11) is 5.34. The van der Waals surface area contributed by atoms with Gasteiger partial charge in [-0.25, -0.2) is 4.79 Å². The molecule has 0 unspecified atom stereocenters. The highest BCUT2D eigenvalue weighted by Crippen LogP contribution is 2.38. The molecule has 0 atom stereocenters. The number of nitrogens with zero attached hydrogens (tertiary/aromatic N) is 2. The number of esters is 1. The Bertz CT molecular complexity index is 1420. The topological polar surface area (TPSA) is 117 Å². The number of amides is 2. The summed E-state index contributed by atoms with van der Waals surface area (Å²) >= 11 is 0. The molecule has 0 fully saturated rings. The van der Waals surface area contributed by atoms with Crippen LogP contribution in [0.15, 0.2) is 66.7 Å². The zero-order valence-corrected chi connectivity index (χ0v) is 21.9. The van der Waals surface area contributed by atoms with E-state index >= 15 is 0 Å². The second-order valence-electron chi connectivity index (χ2n) is 9.14. The summed E-state index contributed by atoms with van der Waals surface area (Å²) in [6.45, 7) is 2.26. The number of carbonyl (C=O) groups excluding carboxylic acids is 3. The normalized spacial score (nSPS) is 13.6. The number of carbonyl (C=O) groups is 3. The number of ether oxygens (including phenoxy) is 1. The zero-order valence-electron chi connectivity index (χ0n) is 21.9. The Balaban J connectivity index is 1.74. The fraction of sp³-hybridized carbons (Fsp3) is 0.207. The lowest BCUT2D eigenvalue weighted by Gasteiger charge is -2.22. The van der Waals surface area contributed by atoms with E-state index in [4.69, 9.17) is 10.5 Å². The fourth-order valence-corrected chi connectivity index (χ4v) is 4.24. The molecule has 0 saturated heterocycles. The van der Waals surface area contributed by atoms with Crippen LogP contribution in [0.5, 0.6) is 0 Å². The first-order chi connectivity index (χ1) is 18.2. The molecule has 9 heteroatoms. The van der Waals surface area contributed by atoms with Crippen molar-refractivity contribution in [3.63, 3.8) is 0 Å². The molecule has 3 aromatic carbocycles. The van der Waals surface area contributed by atoms with Gasteiger partial charge in [0.2, 0.25) is 5.91 Å². The molecule has 196 valence electrons. The van der Waals surface area contributed by atoms with Gasteiger partial charge in [-0.3, -0.25) is 9.59 Å². The summed E-state index contributed by atoms with van der Waals surface area (Å²) in [5.41, 5.74) is 11.4. The quantitative estimate of drug-likeness (QED) is 0.238. The van der Waals surface area contributed by atoms with Crippen LogP contribution in [0.25, 0.3) is 11.3 Å². The van der Waals surface area contributed by atoms with E-state index < -0.39 is 5.97 Å². The lowest BCUT2D eigenvalue weighted by atomic mass is 9.99. The van der Waals surface area contributed by atoms with Crippen molar-refractivity contribution in [2.45, 2.75) is 6.92 Å². The summed E-state index contributed by atoms with van der Waals surface area (Å²) in [6, 6.07) is 19.8. The van der Waals surface area contributed by atoms with Crippen molar-refractivity contribution in [2.75, 3.05) is 55.6 Å². The van der Waals surface area contributed by atoms with Gasteiger partial charge in [0.15, 0.2) is 0 Å². The third-order valence-corrected chi connectivity index (χ3v) is 6.07. The lowest BCUT2D eigenvalue weighted by molar-refractivity contribution is -0.119. The molecule has 38 heavy (non-hydrogen) atoms. The maximum Gasteiger partial charge on any atom is 0.338 e. The summed E-state index contributed by atoms with van der Waals surface area (Å²) in [4.78, 5) is 41.3. The van der Waals surface area contributed by atoms with Crippen LogP contribution in [-0.2, 0) is 14.3 Å². The number of anilines is 4. The van der Waals surface area contributed by atoms with E-state index in [0.717, 1.165) is 5.56 Å². The highest BCUT2D eigenvalue weighted by molar-refractivity contribution is 6.37. The maximum atomic E-state index is 13.2. The van der Waals surface area contributed by atoms with Crippen LogP contribution in [0.4, 0.5) is 22.7 Å². The van der Waals surface area contributed by atoms with Gasteiger partial charge in [-0.05, 0) is 56.9 Å². The molecule has 4 N–H and O–H groups in total. The van der Waals surface area contributed by atoms with Gasteiger partial charge in [0, 0.05) is 18.3 Å². The predicted molar refractivity (Wildman–Crippen MR) is 151 cm³/mol. The molecule has 1 aliphatic heterocycles. The van der Waals surface area contributed by atoms with Crippen LogP contribution in [0.1, 0.15) is 28.4 Å². The van der Waals surface area contributed by atoms with Gasteiger partial charge in [0.25, 0.3) is 5.91 Å². The molecular formula is C29H31N5O4. The van der Waals surface area contributed by atoms with E-state index in [2.05, 4.69) is 10.6 Å². The highest BCUT2D eigenvalue weighted by Gasteiger charge is 2.29. The van der Waals surface area contributed by atoms with Crippen molar-refractivity contribution in [3.05, 3.63) is 83.4 Å². The molecule has 3 aromatic rings. The second-order valence-corrected chi connectivity index (χ2v) is 9.14. The Hall–Kier alpha value is -4.63. The summed E-state index contributed by atoms with van der Waals surface area (Å²) in [5, 5.41) is 6.24.